The fourth-order valence-electron chi connectivity index (χ4n) is 2.24. The van der Waals surface area contributed by atoms with Gasteiger partial charge in [-0.05, 0) is 13.3 Å². The van der Waals surface area contributed by atoms with Crippen LogP contribution in [0, 0.1) is 0 Å². The lowest BCUT2D eigenvalue weighted by Gasteiger charge is -2.34. The Balaban J connectivity index is 0.00000144. The lowest BCUT2D eigenvalue weighted by Crippen LogP contribution is -2.57. The topological polar surface area (TPSA) is 50.8 Å². The molecule has 6 heteroatoms. The molecule has 2 aliphatic heterocycles. The first-order chi connectivity index (χ1) is 7.70. The number of ether oxygens (including phenoxy) is 2. The SMILES string of the molecule is C[C@H]1OCCN[C@@H]1C(=O)N(C)C1CCOC1.Cl. The number of halogens is 1. The van der Waals surface area contributed by atoms with Crippen molar-refractivity contribution in [2.24, 2.45) is 0 Å². The predicted molar refractivity (Wildman–Crippen MR) is 66.4 cm³/mol. The van der Waals surface area contributed by atoms with Gasteiger partial charge in [-0.15, -0.1) is 12.4 Å². The average Bonchev–Trinajstić information content (AvgIpc) is 2.81. The van der Waals surface area contributed by atoms with Crippen LogP contribution in [0.5, 0.6) is 0 Å². The summed E-state index contributed by atoms with van der Waals surface area (Å²) in [5.74, 6) is 0.114. The summed E-state index contributed by atoms with van der Waals surface area (Å²) >= 11 is 0. The number of amides is 1. The molecule has 0 saturated carbocycles. The lowest BCUT2D eigenvalue weighted by atomic mass is 10.1. The van der Waals surface area contributed by atoms with Gasteiger partial charge in [0.05, 0.1) is 25.4 Å². The van der Waals surface area contributed by atoms with Crippen molar-refractivity contribution in [3.63, 3.8) is 0 Å². The van der Waals surface area contributed by atoms with Crippen LogP contribution in [-0.4, -0.2) is 62.4 Å². The molecule has 1 N–H and O–H groups in total. The lowest BCUT2D eigenvalue weighted by molar-refractivity contribution is -0.140. The van der Waals surface area contributed by atoms with Gasteiger partial charge in [0.1, 0.15) is 6.04 Å². The Hall–Kier alpha value is -0.360. The molecule has 2 fully saturated rings. The molecule has 0 aromatic carbocycles. The fourth-order valence-corrected chi connectivity index (χ4v) is 2.24. The van der Waals surface area contributed by atoms with E-state index in [-0.39, 0.29) is 36.5 Å². The van der Waals surface area contributed by atoms with Gasteiger partial charge in [-0.25, -0.2) is 0 Å². The third kappa shape index (κ3) is 3.31. The second kappa shape index (κ2) is 6.54. The van der Waals surface area contributed by atoms with Gasteiger partial charge in [-0.2, -0.15) is 0 Å². The highest BCUT2D eigenvalue weighted by molar-refractivity contribution is 5.85. The molecule has 2 aliphatic rings. The number of carbonyl (C=O) groups is 1. The highest BCUT2D eigenvalue weighted by atomic mass is 35.5. The molecule has 0 spiro atoms. The number of carbonyl (C=O) groups excluding carboxylic acids is 1. The monoisotopic (exact) mass is 264 g/mol. The molecule has 0 bridgehead atoms. The number of nitrogens with one attached hydrogen (secondary N) is 1. The van der Waals surface area contributed by atoms with Gasteiger partial charge in [0, 0.05) is 20.2 Å². The van der Waals surface area contributed by atoms with Crippen LogP contribution < -0.4 is 5.32 Å². The number of morpholine rings is 1. The molecular weight excluding hydrogens is 244 g/mol. The van der Waals surface area contributed by atoms with Gasteiger partial charge in [0.25, 0.3) is 0 Å². The number of nitrogens with zero attached hydrogens (tertiary/aromatic N) is 1. The zero-order valence-electron chi connectivity index (χ0n) is 10.3. The summed E-state index contributed by atoms with van der Waals surface area (Å²) in [6.45, 7) is 4.78. The number of likely N-dealkylation sites (N-methyl/N-ethyl adjacent to an activating group) is 1. The molecule has 0 aliphatic carbocycles. The maximum Gasteiger partial charge on any atom is 0.242 e. The van der Waals surface area contributed by atoms with Gasteiger partial charge in [0.15, 0.2) is 0 Å². The van der Waals surface area contributed by atoms with Crippen LogP contribution in [0.25, 0.3) is 0 Å². The quantitative estimate of drug-likeness (QED) is 0.765. The summed E-state index contributed by atoms with van der Waals surface area (Å²) < 4.78 is 10.8. The second-order valence-electron chi connectivity index (χ2n) is 4.47. The van der Waals surface area contributed by atoms with Gasteiger partial charge in [-0.1, -0.05) is 0 Å². The minimum atomic E-state index is -0.209. The Kier molecular flexibility index (Phi) is 5.66. The Morgan fingerprint density at radius 2 is 2.18 bits per heavy atom. The van der Waals surface area contributed by atoms with E-state index in [0.717, 1.165) is 19.6 Å². The standard InChI is InChI=1S/C11H20N2O3.ClH/c1-8-10(12-4-6-16-8)11(14)13(2)9-3-5-15-7-9;/h8-10,12H,3-7H2,1-2H3;1H/t8-,9?,10+;/m1./s1. The highest BCUT2D eigenvalue weighted by Gasteiger charge is 2.34. The van der Waals surface area contributed by atoms with E-state index >= 15 is 0 Å². The molecule has 1 amide bonds. The third-order valence-electron chi connectivity index (χ3n) is 3.38. The minimum Gasteiger partial charge on any atom is -0.379 e. The number of hydrogen-bond donors (Lipinski definition) is 1. The molecule has 3 atom stereocenters. The predicted octanol–water partition coefficient (Wildman–Crippen LogP) is 0.0324. The van der Waals surface area contributed by atoms with Crippen molar-refractivity contribution < 1.29 is 14.3 Å². The van der Waals surface area contributed by atoms with E-state index in [9.17, 15) is 4.79 Å². The zero-order chi connectivity index (χ0) is 11.5. The average molecular weight is 265 g/mol. The van der Waals surface area contributed by atoms with Crippen molar-refractivity contribution in [3.8, 4) is 0 Å². The van der Waals surface area contributed by atoms with Gasteiger partial charge in [0.2, 0.25) is 5.91 Å². The molecule has 2 saturated heterocycles. The normalized spacial score (nSPS) is 32.9. The van der Waals surface area contributed by atoms with E-state index in [1.165, 1.54) is 0 Å². The Morgan fingerprint density at radius 3 is 2.76 bits per heavy atom. The summed E-state index contributed by atoms with van der Waals surface area (Å²) in [4.78, 5) is 14.0. The summed E-state index contributed by atoms with van der Waals surface area (Å²) in [5, 5.41) is 3.22. The molecule has 0 aromatic heterocycles. The Bertz CT molecular complexity index is 259. The first kappa shape index (κ1) is 14.7. The molecule has 1 unspecified atom stereocenters. The van der Waals surface area contributed by atoms with Crippen LogP contribution in [0.2, 0.25) is 0 Å². The minimum absolute atomic E-state index is 0. The van der Waals surface area contributed by atoms with E-state index in [4.69, 9.17) is 9.47 Å². The molecule has 2 heterocycles. The van der Waals surface area contributed by atoms with E-state index in [2.05, 4.69) is 5.32 Å². The maximum absolute atomic E-state index is 12.2. The smallest absolute Gasteiger partial charge is 0.242 e. The zero-order valence-corrected chi connectivity index (χ0v) is 11.2. The molecule has 2 rings (SSSR count). The van der Waals surface area contributed by atoms with E-state index in [0.29, 0.717) is 13.2 Å². The van der Waals surface area contributed by atoms with E-state index < -0.39 is 0 Å². The van der Waals surface area contributed by atoms with Crippen LogP contribution in [0.4, 0.5) is 0 Å². The molecule has 17 heavy (non-hydrogen) atoms. The first-order valence-electron chi connectivity index (χ1n) is 5.89. The van der Waals surface area contributed by atoms with E-state index in [1.807, 2.05) is 14.0 Å². The van der Waals surface area contributed by atoms with Crippen LogP contribution >= 0.6 is 12.4 Å². The fraction of sp³-hybridized carbons (Fsp3) is 0.909. The van der Waals surface area contributed by atoms with Gasteiger partial charge < -0.3 is 19.7 Å². The molecule has 100 valence electrons. The molecular formula is C11H21ClN2O3. The Morgan fingerprint density at radius 1 is 1.41 bits per heavy atom. The number of hydrogen-bond acceptors (Lipinski definition) is 4. The van der Waals surface area contributed by atoms with Crippen LogP contribution in [0.1, 0.15) is 13.3 Å². The second-order valence-corrected chi connectivity index (χ2v) is 4.47. The van der Waals surface area contributed by atoms with Crippen LogP contribution in [0.15, 0.2) is 0 Å². The van der Waals surface area contributed by atoms with Crippen molar-refractivity contribution in [1.82, 2.24) is 10.2 Å². The Labute approximate surface area is 108 Å². The van der Waals surface area contributed by atoms with Crippen LogP contribution in [-0.2, 0) is 14.3 Å². The van der Waals surface area contributed by atoms with Crippen molar-refractivity contribution in [3.05, 3.63) is 0 Å². The largest absolute Gasteiger partial charge is 0.379 e. The summed E-state index contributed by atoms with van der Waals surface area (Å²) in [6, 6.07) is 0.0165. The summed E-state index contributed by atoms with van der Waals surface area (Å²) in [5.41, 5.74) is 0. The van der Waals surface area contributed by atoms with Crippen molar-refractivity contribution in [1.29, 1.82) is 0 Å². The van der Waals surface area contributed by atoms with E-state index in [1.54, 1.807) is 4.90 Å². The van der Waals surface area contributed by atoms with Gasteiger partial charge in [-0.3, -0.25) is 4.79 Å². The van der Waals surface area contributed by atoms with Crippen molar-refractivity contribution in [2.75, 3.05) is 33.4 Å². The summed E-state index contributed by atoms with van der Waals surface area (Å²) in [7, 11) is 1.85. The third-order valence-corrected chi connectivity index (χ3v) is 3.38. The van der Waals surface area contributed by atoms with Crippen molar-refractivity contribution in [2.45, 2.75) is 31.5 Å². The summed E-state index contributed by atoms with van der Waals surface area (Å²) in [6.07, 6.45) is 0.885. The van der Waals surface area contributed by atoms with Crippen LogP contribution in [0.3, 0.4) is 0 Å². The van der Waals surface area contributed by atoms with Gasteiger partial charge >= 0.3 is 0 Å². The number of rotatable bonds is 2. The molecule has 5 nitrogen and oxygen atoms in total. The first-order valence-corrected chi connectivity index (χ1v) is 5.89. The van der Waals surface area contributed by atoms with Crippen molar-refractivity contribution >= 4 is 18.3 Å². The molecule has 0 aromatic rings. The molecule has 0 radical (unpaired) electrons. The highest BCUT2D eigenvalue weighted by Crippen LogP contribution is 2.14. The maximum atomic E-state index is 12.2.